The van der Waals surface area contributed by atoms with Crippen molar-refractivity contribution in [3.05, 3.63) is 48.0 Å². The molecule has 11 heteroatoms. The zero-order chi connectivity index (χ0) is 22.6. The smallest absolute Gasteiger partial charge is 0.247 e. The van der Waals surface area contributed by atoms with Gasteiger partial charge in [0.1, 0.15) is 28.0 Å². The lowest BCUT2D eigenvalue weighted by molar-refractivity contribution is -0.129. The number of amides is 1. The predicted molar refractivity (Wildman–Crippen MR) is 112 cm³/mol. The number of benzene rings is 2. The first-order chi connectivity index (χ1) is 14.8. The second-order valence-corrected chi connectivity index (χ2v) is 9.59. The van der Waals surface area contributed by atoms with Gasteiger partial charge in [-0.3, -0.25) is 4.79 Å². The van der Waals surface area contributed by atoms with E-state index in [1.807, 2.05) is 0 Å². The summed E-state index contributed by atoms with van der Waals surface area (Å²) in [6.45, 7) is 0.641. The maximum absolute atomic E-state index is 13.7. The second-order valence-electron chi connectivity index (χ2n) is 6.67. The Hall–Kier alpha value is -2.37. The molecule has 1 saturated heterocycles. The molecule has 7 nitrogen and oxygen atoms in total. The molecule has 1 fully saturated rings. The van der Waals surface area contributed by atoms with Crippen LogP contribution in [0.3, 0.4) is 0 Å². The number of piperazine rings is 1. The predicted octanol–water partition coefficient (Wildman–Crippen LogP) is 2.61. The fraction of sp³-hybridized carbons (Fsp3) is 0.350. The van der Waals surface area contributed by atoms with Gasteiger partial charge in [-0.05, 0) is 24.3 Å². The van der Waals surface area contributed by atoms with Gasteiger partial charge in [-0.2, -0.15) is 4.31 Å². The number of thioether (sulfide) groups is 1. The summed E-state index contributed by atoms with van der Waals surface area (Å²) in [5, 5.41) is 0. The number of sulfonamides is 1. The Labute approximate surface area is 184 Å². The Morgan fingerprint density at radius 3 is 2.35 bits per heavy atom. The molecule has 0 unspecified atom stereocenters. The largest absolute Gasteiger partial charge is 0.497 e. The third-order valence-electron chi connectivity index (χ3n) is 4.83. The van der Waals surface area contributed by atoms with E-state index < -0.39 is 21.7 Å². The van der Waals surface area contributed by atoms with Crippen molar-refractivity contribution in [1.29, 1.82) is 0 Å². The number of nitrogens with zero attached hydrogens (tertiary/aromatic N) is 2. The highest BCUT2D eigenvalue weighted by Crippen LogP contribution is 2.31. The van der Waals surface area contributed by atoms with Crippen molar-refractivity contribution < 1.29 is 31.5 Å². The van der Waals surface area contributed by atoms with Gasteiger partial charge in [0, 0.05) is 43.2 Å². The number of halogens is 2. The van der Waals surface area contributed by atoms with Gasteiger partial charge in [0.15, 0.2) is 0 Å². The first-order valence-electron chi connectivity index (χ1n) is 9.34. The molecule has 1 aliphatic heterocycles. The van der Waals surface area contributed by atoms with Crippen LogP contribution < -0.4 is 9.47 Å². The van der Waals surface area contributed by atoms with Crippen molar-refractivity contribution in [1.82, 2.24) is 9.21 Å². The Morgan fingerprint density at radius 1 is 1.03 bits per heavy atom. The molecule has 0 N–H and O–H groups in total. The first-order valence-corrected chi connectivity index (χ1v) is 11.8. The van der Waals surface area contributed by atoms with E-state index in [9.17, 15) is 22.0 Å². The van der Waals surface area contributed by atoms with Gasteiger partial charge >= 0.3 is 0 Å². The lowest BCUT2D eigenvalue weighted by atomic mass is 10.3. The summed E-state index contributed by atoms with van der Waals surface area (Å²) in [6, 6.07) is 7.72. The lowest BCUT2D eigenvalue weighted by Crippen LogP contribution is -2.51. The molecule has 0 aromatic heterocycles. The minimum absolute atomic E-state index is 0.00327. The highest BCUT2D eigenvalue weighted by Gasteiger charge is 2.32. The van der Waals surface area contributed by atoms with E-state index in [0.717, 1.165) is 23.9 Å². The normalized spacial score (nSPS) is 15.0. The van der Waals surface area contributed by atoms with E-state index >= 15 is 0 Å². The summed E-state index contributed by atoms with van der Waals surface area (Å²) in [4.78, 5) is 14.2. The van der Waals surface area contributed by atoms with Gasteiger partial charge in [-0.25, -0.2) is 17.2 Å². The first kappa shape index (κ1) is 23.3. The van der Waals surface area contributed by atoms with Gasteiger partial charge in [-0.15, -0.1) is 11.8 Å². The zero-order valence-electron chi connectivity index (χ0n) is 17.0. The average Bonchev–Trinajstić information content (AvgIpc) is 2.77. The Kier molecular flexibility index (Phi) is 7.39. The molecule has 0 saturated carbocycles. The van der Waals surface area contributed by atoms with Crippen molar-refractivity contribution in [2.24, 2.45) is 0 Å². The number of carbonyl (C=O) groups is 1. The fourth-order valence-corrected chi connectivity index (χ4v) is 5.54. The number of ether oxygens (including phenoxy) is 2. The van der Waals surface area contributed by atoms with E-state index in [0.29, 0.717) is 5.75 Å². The maximum atomic E-state index is 13.7. The molecular weight excluding hydrogens is 450 g/mol. The number of hydrogen-bond donors (Lipinski definition) is 0. The fourth-order valence-electron chi connectivity index (χ4n) is 3.13. The van der Waals surface area contributed by atoms with Gasteiger partial charge in [0.2, 0.25) is 15.9 Å². The molecule has 0 radical (unpaired) electrons. The van der Waals surface area contributed by atoms with Crippen molar-refractivity contribution in [3.63, 3.8) is 0 Å². The highest BCUT2D eigenvalue weighted by atomic mass is 32.2. The van der Waals surface area contributed by atoms with Crippen LogP contribution in [0.2, 0.25) is 0 Å². The topological polar surface area (TPSA) is 76.2 Å². The summed E-state index contributed by atoms with van der Waals surface area (Å²) in [7, 11) is -1.02. The average molecular weight is 473 g/mol. The van der Waals surface area contributed by atoms with E-state index in [-0.39, 0.29) is 53.4 Å². The summed E-state index contributed by atoms with van der Waals surface area (Å²) in [5.41, 5.74) is 0. The SMILES string of the molecule is COc1ccc(OC)c(S(=O)(=O)N2CCN(C(=O)CSc3ccc(F)cc3F)CC2)c1. The van der Waals surface area contributed by atoms with Crippen LogP contribution in [0.25, 0.3) is 0 Å². The van der Waals surface area contributed by atoms with Crippen molar-refractivity contribution >= 4 is 27.7 Å². The lowest BCUT2D eigenvalue weighted by Gasteiger charge is -2.34. The monoisotopic (exact) mass is 472 g/mol. The van der Waals surface area contributed by atoms with Gasteiger partial charge in [-0.1, -0.05) is 0 Å². The van der Waals surface area contributed by atoms with Crippen LogP contribution in [0.15, 0.2) is 46.2 Å². The minimum Gasteiger partial charge on any atom is -0.497 e. The maximum Gasteiger partial charge on any atom is 0.247 e. The quantitative estimate of drug-likeness (QED) is 0.577. The molecule has 3 rings (SSSR count). The molecule has 0 bridgehead atoms. The molecule has 1 amide bonds. The zero-order valence-corrected chi connectivity index (χ0v) is 18.6. The Balaban J connectivity index is 1.62. The molecule has 0 aliphatic carbocycles. The molecule has 0 atom stereocenters. The van der Waals surface area contributed by atoms with Crippen LogP contribution in [0.5, 0.6) is 11.5 Å². The minimum atomic E-state index is -3.85. The number of rotatable bonds is 7. The van der Waals surface area contributed by atoms with Crippen LogP contribution in [-0.4, -0.2) is 69.7 Å². The van der Waals surface area contributed by atoms with E-state index in [2.05, 4.69) is 0 Å². The molecule has 168 valence electrons. The second kappa shape index (κ2) is 9.84. The third kappa shape index (κ3) is 5.28. The highest BCUT2D eigenvalue weighted by molar-refractivity contribution is 8.00. The Morgan fingerprint density at radius 2 is 1.74 bits per heavy atom. The standard InChI is InChI=1S/C20H22F2N2O5S2/c1-28-15-4-5-17(29-2)19(12-15)31(26,27)24-9-7-23(8-10-24)20(25)13-30-18-6-3-14(21)11-16(18)22/h3-6,11-12H,7-10,13H2,1-2H3. The van der Waals surface area contributed by atoms with E-state index in [1.54, 1.807) is 6.07 Å². The van der Waals surface area contributed by atoms with Crippen LogP contribution in [0, 0.1) is 11.6 Å². The molecule has 1 heterocycles. The molecular formula is C20H22F2N2O5S2. The van der Waals surface area contributed by atoms with Gasteiger partial charge in [0.05, 0.1) is 20.0 Å². The van der Waals surface area contributed by atoms with Crippen LogP contribution >= 0.6 is 11.8 Å². The van der Waals surface area contributed by atoms with Crippen LogP contribution in [0.1, 0.15) is 0 Å². The summed E-state index contributed by atoms with van der Waals surface area (Å²) >= 11 is 0.975. The van der Waals surface area contributed by atoms with Gasteiger partial charge < -0.3 is 14.4 Å². The number of methoxy groups -OCH3 is 2. The molecule has 1 aliphatic rings. The number of hydrogen-bond acceptors (Lipinski definition) is 6. The van der Waals surface area contributed by atoms with Crippen LogP contribution in [-0.2, 0) is 14.8 Å². The molecule has 31 heavy (non-hydrogen) atoms. The summed E-state index contributed by atoms with van der Waals surface area (Å²) in [6.07, 6.45) is 0. The van der Waals surface area contributed by atoms with E-state index in [1.165, 1.54) is 41.6 Å². The van der Waals surface area contributed by atoms with Crippen LogP contribution in [0.4, 0.5) is 8.78 Å². The van der Waals surface area contributed by atoms with Crippen molar-refractivity contribution in [3.8, 4) is 11.5 Å². The molecule has 2 aromatic carbocycles. The summed E-state index contributed by atoms with van der Waals surface area (Å²) in [5.74, 6) is -1.09. The number of carbonyl (C=O) groups excluding carboxylic acids is 1. The summed E-state index contributed by atoms with van der Waals surface area (Å²) < 4.78 is 64.5. The van der Waals surface area contributed by atoms with Crippen molar-refractivity contribution in [2.75, 3.05) is 46.2 Å². The van der Waals surface area contributed by atoms with E-state index in [4.69, 9.17) is 9.47 Å². The molecule has 0 spiro atoms. The Bertz CT molecular complexity index is 1060. The third-order valence-corrected chi connectivity index (χ3v) is 7.78. The van der Waals surface area contributed by atoms with Gasteiger partial charge in [0.25, 0.3) is 0 Å². The molecule has 2 aromatic rings. The van der Waals surface area contributed by atoms with Crippen molar-refractivity contribution in [2.45, 2.75) is 9.79 Å².